The minimum absolute atomic E-state index is 0.206. The van der Waals surface area contributed by atoms with Crippen LogP contribution in [0.2, 0.25) is 0 Å². The average Bonchev–Trinajstić information content (AvgIpc) is 3.14. The lowest BCUT2D eigenvalue weighted by Crippen LogP contribution is -2.26. The third-order valence-corrected chi connectivity index (χ3v) is 5.33. The highest BCUT2D eigenvalue weighted by atomic mass is 32.2. The molecule has 0 spiro atoms. The maximum Gasteiger partial charge on any atom is 0.259 e. The number of aromatic nitrogens is 2. The highest BCUT2D eigenvalue weighted by Gasteiger charge is 2.24. The van der Waals surface area contributed by atoms with Crippen LogP contribution in [0.3, 0.4) is 0 Å². The molecule has 0 bridgehead atoms. The molecule has 3 rings (SSSR count). The molecule has 1 aromatic carbocycles. The number of carbonyl (C=O) groups is 2. The molecule has 8 heteroatoms. The largest absolute Gasteiger partial charge is 0.485 e. The molecule has 0 radical (unpaired) electrons. The van der Waals surface area contributed by atoms with E-state index in [9.17, 15) is 14.4 Å². The maximum absolute atomic E-state index is 12.6. The van der Waals surface area contributed by atoms with E-state index in [1.54, 1.807) is 26.4 Å². The van der Waals surface area contributed by atoms with Crippen molar-refractivity contribution in [2.45, 2.75) is 31.3 Å². The maximum atomic E-state index is 12.6. The molecular weight excluding hydrogens is 402 g/mol. The first-order chi connectivity index (χ1) is 14.1. The molecule has 3 aromatic rings. The zero-order chi connectivity index (χ0) is 22.2. The third-order valence-electron chi connectivity index (χ3n) is 4.62. The number of anilines is 1. The lowest BCUT2D eigenvalue weighted by molar-refractivity contribution is -0.107. The molecular formula is C22H25N3O4S. The molecule has 30 heavy (non-hydrogen) atoms. The first-order valence-electron chi connectivity index (χ1n) is 9.36. The standard InChI is InChI=1S/C22H25N3O4S/c1-22(2,3)29-20-15(8-14(30-6)9-18(20)25(5)12-27)17-10-24(4)21(28)16-7-13(11-26)23-19(16)17/h7-12,23H,1-6H3. The Morgan fingerprint density at radius 2 is 1.87 bits per heavy atom. The van der Waals surface area contributed by atoms with Gasteiger partial charge in [-0.05, 0) is 45.2 Å². The van der Waals surface area contributed by atoms with Crippen molar-refractivity contribution in [3.63, 3.8) is 0 Å². The number of hydrogen-bond acceptors (Lipinski definition) is 5. The topological polar surface area (TPSA) is 84.4 Å². The Kier molecular flexibility index (Phi) is 5.81. The van der Waals surface area contributed by atoms with Gasteiger partial charge in [0.05, 0.1) is 22.3 Å². The molecule has 0 aliphatic carbocycles. The highest BCUT2D eigenvalue weighted by Crippen LogP contribution is 2.44. The Bertz CT molecular complexity index is 1190. The zero-order valence-electron chi connectivity index (χ0n) is 17.9. The fourth-order valence-electron chi connectivity index (χ4n) is 3.27. The number of carbonyl (C=O) groups excluding carboxylic acids is 2. The van der Waals surface area contributed by atoms with E-state index in [0.717, 1.165) is 16.9 Å². The summed E-state index contributed by atoms with van der Waals surface area (Å²) in [6, 6.07) is 5.41. The Hall–Kier alpha value is -3.00. The number of thioether (sulfide) groups is 1. The number of hydrogen-bond donors (Lipinski definition) is 1. The summed E-state index contributed by atoms with van der Waals surface area (Å²) in [6.07, 6.45) is 5.08. The summed E-state index contributed by atoms with van der Waals surface area (Å²) in [5, 5.41) is 0.415. The number of nitrogens with zero attached hydrogens (tertiary/aromatic N) is 2. The van der Waals surface area contributed by atoms with Crippen molar-refractivity contribution in [2.24, 2.45) is 7.05 Å². The van der Waals surface area contributed by atoms with Gasteiger partial charge >= 0.3 is 0 Å². The minimum Gasteiger partial charge on any atom is -0.485 e. The van der Waals surface area contributed by atoms with Crippen LogP contribution in [0.25, 0.3) is 22.0 Å². The Balaban J connectivity index is 2.47. The third kappa shape index (κ3) is 4.00. The van der Waals surface area contributed by atoms with Crippen LogP contribution in [-0.4, -0.2) is 41.2 Å². The Morgan fingerprint density at radius 1 is 1.17 bits per heavy atom. The van der Waals surface area contributed by atoms with Crippen molar-refractivity contribution in [3.05, 3.63) is 40.4 Å². The second-order valence-corrected chi connectivity index (χ2v) is 8.92. The number of amides is 1. The predicted molar refractivity (Wildman–Crippen MR) is 121 cm³/mol. The van der Waals surface area contributed by atoms with Gasteiger partial charge in [0.2, 0.25) is 6.41 Å². The molecule has 158 valence electrons. The number of aromatic amines is 1. The van der Waals surface area contributed by atoms with Crippen molar-refractivity contribution in [1.29, 1.82) is 0 Å². The molecule has 7 nitrogen and oxygen atoms in total. The summed E-state index contributed by atoms with van der Waals surface area (Å²) in [4.78, 5) is 41.0. The van der Waals surface area contributed by atoms with Crippen molar-refractivity contribution in [2.75, 3.05) is 18.2 Å². The fraction of sp³-hybridized carbons (Fsp3) is 0.318. The summed E-state index contributed by atoms with van der Waals surface area (Å²) in [5.74, 6) is 0.525. The molecule has 0 atom stereocenters. The number of pyridine rings is 1. The van der Waals surface area contributed by atoms with Gasteiger partial charge in [-0.3, -0.25) is 14.4 Å². The molecule has 0 saturated heterocycles. The van der Waals surface area contributed by atoms with E-state index in [4.69, 9.17) is 4.74 Å². The molecule has 0 saturated carbocycles. The number of rotatable bonds is 6. The van der Waals surface area contributed by atoms with Crippen LogP contribution < -0.4 is 15.2 Å². The lowest BCUT2D eigenvalue weighted by Gasteiger charge is -2.28. The predicted octanol–water partition coefficient (Wildman–Crippen LogP) is 3.84. The SMILES string of the molecule is CSc1cc(-c2cn(C)c(=O)c3cc(C=O)[nH]c23)c(OC(C)(C)C)c(N(C)C=O)c1. The second-order valence-electron chi connectivity index (χ2n) is 8.04. The molecule has 1 N–H and O–H groups in total. The van der Waals surface area contributed by atoms with Crippen molar-refractivity contribution in [1.82, 2.24) is 9.55 Å². The summed E-state index contributed by atoms with van der Waals surface area (Å²) in [7, 11) is 3.33. The van der Waals surface area contributed by atoms with E-state index in [0.29, 0.717) is 39.9 Å². The quantitative estimate of drug-likeness (QED) is 0.477. The van der Waals surface area contributed by atoms with E-state index < -0.39 is 5.60 Å². The van der Waals surface area contributed by atoms with Gasteiger partial charge in [0.15, 0.2) is 12.0 Å². The van der Waals surface area contributed by atoms with Gasteiger partial charge in [-0.15, -0.1) is 11.8 Å². The summed E-state index contributed by atoms with van der Waals surface area (Å²) in [6.45, 7) is 5.79. The minimum atomic E-state index is -0.530. The Labute approximate surface area is 179 Å². The van der Waals surface area contributed by atoms with Crippen LogP contribution in [0, 0.1) is 0 Å². The van der Waals surface area contributed by atoms with Gasteiger partial charge in [0, 0.05) is 36.3 Å². The molecule has 0 aliphatic heterocycles. The Morgan fingerprint density at radius 3 is 2.43 bits per heavy atom. The average molecular weight is 428 g/mol. The normalized spacial score (nSPS) is 11.5. The lowest BCUT2D eigenvalue weighted by atomic mass is 10.0. The molecule has 2 heterocycles. The van der Waals surface area contributed by atoms with E-state index in [-0.39, 0.29) is 5.56 Å². The summed E-state index contributed by atoms with van der Waals surface area (Å²) in [5.41, 5.74) is 2.18. The molecule has 2 aromatic heterocycles. The number of benzene rings is 1. The van der Waals surface area contributed by atoms with Gasteiger partial charge in [-0.2, -0.15) is 0 Å². The van der Waals surface area contributed by atoms with E-state index in [1.807, 2.05) is 39.2 Å². The first-order valence-corrected chi connectivity index (χ1v) is 10.6. The van der Waals surface area contributed by atoms with Crippen molar-refractivity contribution in [3.8, 4) is 16.9 Å². The van der Waals surface area contributed by atoms with Gasteiger partial charge in [-0.25, -0.2) is 0 Å². The number of ether oxygens (including phenoxy) is 1. The second kappa shape index (κ2) is 8.02. The van der Waals surface area contributed by atoms with Gasteiger partial charge < -0.3 is 19.2 Å². The van der Waals surface area contributed by atoms with Crippen LogP contribution in [0.4, 0.5) is 5.69 Å². The number of fused-ring (bicyclic) bond motifs is 1. The highest BCUT2D eigenvalue weighted by molar-refractivity contribution is 7.98. The van der Waals surface area contributed by atoms with Crippen LogP contribution >= 0.6 is 11.8 Å². The fourth-order valence-corrected chi connectivity index (χ4v) is 3.73. The smallest absolute Gasteiger partial charge is 0.259 e. The van der Waals surface area contributed by atoms with Gasteiger partial charge in [0.25, 0.3) is 5.56 Å². The summed E-state index contributed by atoms with van der Waals surface area (Å²) < 4.78 is 7.79. The molecule has 0 aliphatic rings. The number of nitrogens with one attached hydrogen (secondary N) is 1. The number of aryl methyl sites for hydroxylation is 1. The van der Waals surface area contributed by atoms with Crippen LogP contribution in [0.1, 0.15) is 31.3 Å². The van der Waals surface area contributed by atoms with Crippen LogP contribution in [0.5, 0.6) is 5.75 Å². The van der Waals surface area contributed by atoms with Crippen molar-refractivity contribution < 1.29 is 14.3 Å². The zero-order valence-corrected chi connectivity index (χ0v) is 18.7. The van der Waals surface area contributed by atoms with Crippen LogP contribution in [0.15, 0.2) is 34.1 Å². The molecule has 1 amide bonds. The molecule has 0 unspecified atom stereocenters. The number of H-pyrrole nitrogens is 1. The van der Waals surface area contributed by atoms with Crippen LogP contribution in [-0.2, 0) is 11.8 Å². The first kappa shape index (κ1) is 21.7. The number of aldehydes is 1. The van der Waals surface area contributed by atoms with E-state index >= 15 is 0 Å². The van der Waals surface area contributed by atoms with E-state index in [2.05, 4.69) is 4.98 Å². The van der Waals surface area contributed by atoms with Gasteiger partial charge in [0.1, 0.15) is 5.60 Å². The van der Waals surface area contributed by atoms with Gasteiger partial charge in [-0.1, -0.05) is 0 Å². The van der Waals surface area contributed by atoms with E-state index in [1.165, 1.54) is 21.2 Å². The molecule has 0 fully saturated rings. The monoisotopic (exact) mass is 427 g/mol. The summed E-state index contributed by atoms with van der Waals surface area (Å²) >= 11 is 1.54. The van der Waals surface area contributed by atoms with Crippen molar-refractivity contribution >= 4 is 41.0 Å².